The second kappa shape index (κ2) is 7.09. The molecule has 0 unspecified atom stereocenters. The van der Waals surface area contributed by atoms with Crippen LogP contribution in [0, 0.1) is 18.3 Å². The molecule has 0 aliphatic rings. The van der Waals surface area contributed by atoms with Crippen molar-refractivity contribution in [3.63, 3.8) is 0 Å². The quantitative estimate of drug-likeness (QED) is 0.416. The monoisotopic (exact) mass is 373 g/mol. The molecule has 0 bridgehead atoms. The van der Waals surface area contributed by atoms with Gasteiger partial charge in [0.2, 0.25) is 5.91 Å². The standard InChI is InChI=1S/C20H15N5OS/c1-12-5-6-16-15(7-12)18-19(25-16)20(23-11-22-18)27-10-17(26)24-14-4-2-3-13(8-14)9-21/h2-8,11,25H,10H2,1H3,(H,24,26). The van der Waals surface area contributed by atoms with Gasteiger partial charge in [-0.25, -0.2) is 9.97 Å². The number of nitrogens with zero attached hydrogens (tertiary/aromatic N) is 3. The lowest BCUT2D eigenvalue weighted by Gasteiger charge is -2.05. The summed E-state index contributed by atoms with van der Waals surface area (Å²) in [4.78, 5) is 24.3. The Bertz CT molecular complexity index is 1210. The summed E-state index contributed by atoms with van der Waals surface area (Å²) >= 11 is 1.35. The Labute approximate surface area is 159 Å². The average molecular weight is 373 g/mol. The van der Waals surface area contributed by atoms with E-state index in [1.165, 1.54) is 18.1 Å². The molecule has 4 rings (SSSR count). The molecule has 27 heavy (non-hydrogen) atoms. The van der Waals surface area contributed by atoms with Crippen LogP contribution in [0.3, 0.4) is 0 Å². The Morgan fingerprint density at radius 2 is 2.15 bits per heavy atom. The largest absolute Gasteiger partial charge is 0.351 e. The Balaban J connectivity index is 1.54. The Morgan fingerprint density at radius 3 is 3.00 bits per heavy atom. The van der Waals surface area contributed by atoms with Crippen molar-refractivity contribution in [3.05, 3.63) is 59.9 Å². The second-order valence-electron chi connectivity index (χ2n) is 6.11. The minimum atomic E-state index is -0.159. The molecule has 0 atom stereocenters. The van der Waals surface area contributed by atoms with Gasteiger partial charge >= 0.3 is 0 Å². The van der Waals surface area contributed by atoms with Gasteiger partial charge in [-0.2, -0.15) is 5.26 Å². The van der Waals surface area contributed by atoms with E-state index in [4.69, 9.17) is 5.26 Å². The van der Waals surface area contributed by atoms with E-state index in [1.54, 1.807) is 24.3 Å². The number of rotatable bonds is 4. The van der Waals surface area contributed by atoms with Crippen LogP contribution in [-0.4, -0.2) is 26.6 Å². The number of fused-ring (bicyclic) bond motifs is 3. The number of nitrogens with one attached hydrogen (secondary N) is 2. The van der Waals surface area contributed by atoms with Gasteiger partial charge in [0.25, 0.3) is 0 Å². The normalized spacial score (nSPS) is 10.8. The van der Waals surface area contributed by atoms with E-state index < -0.39 is 0 Å². The molecule has 2 aromatic carbocycles. The summed E-state index contributed by atoms with van der Waals surface area (Å²) < 4.78 is 0. The van der Waals surface area contributed by atoms with Gasteiger partial charge in [-0.3, -0.25) is 4.79 Å². The summed E-state index contributed by atoms with van der Waals surface area (Å²) in [5.41, 5.74) is 4.96. The van der Waals surface area contributed by atoms with E-state index in [-0.39, 0.29) is 11.7 Å². The maximum atomic E-state index is 12.3. The van der Waals surface area contributed by atoms with Crippen molar-refractivity contribution in [2.75, 3.05) is 11.1 Å². The Morgan fingerprint density at radius 1 is 1.26 bits per heavy atom. The first kappa shape index (κ1) is 17.1. The maximum absolute atomic E-state index is 12.3. The van der Waals surface area contributed by atoms with Crippen molar-refractivity contribution < 1.29 is 4.79 Å². The first-order chi connectivity index (χ1) is 13.1. The van der Waals surface area contributed by atoms with E-state index in [2.05, 4.69) is 32.4 Å². The lowest BCUT2D eigenvalue weighted by molar-refractivity contribution is -0.113. The highest BCUT2D eigenvalue weighted by molar-refractivity contribution is 8.00. The summed E-state index contributed by atoms with van der Waals surface area (Å²) in [5.74, 6) is 0.0471. The average Bonchev–Trinajstić information content (AvgIpc) is 3.05. The molecular weight excluding hydrogens is 358 g/mol. The molecule has 1 amide bonds. The maximum Gasteiger partial charge on any atom is 0.234 e. The number of thioether (sulfide) groups is 1. The number of carbonyl (C=O) groups is 1. The first-order valence-corrected chi connectivity index (χ1v) is 9.28. The molecular formula is C20H15N5OS. The van der Waals surface area contributed by atoms with E-state index in [0.717, 1.165) is 32.5 Å². The van der Waals surface area contributed by atoms with Crippen molar-refractivity contribution >= 4 is 45.3 Å². The minimum Gasteiger partial charge on any atom is -0.351 e. The predicted octanol–water partition coefficient (Wildman–Crippen LogP) is 4.02. The Hall–Kier alpha value is -3.37. The van der Waals surface area contributed by atoms with Crippen LogP contribution in [0.15, 0.2) is 53.8 Å². The number of amides is 1. The highest BCUT2D eigenvalue weighted by Gasteiger charge is 2.13. The molecule has 7 heteroatoms. The Kier molecular flexibility index (Phi) is 4.48. The zero-order chi connectivity index (χ0) is 18.8. The number of aryl methyl sites for hydroxylation is 1. The number of benzene rings is 2. The molecule has 0 spiro atoms. The first-order valence-electron chi connectivity index (χ1n) is 8.30. The highest BCUT2D eigenvalue weighted by atomic mass is 32.2. The van der Waals surface area contributed by atoms with E-state index in [0.29, 0.717) is 11.3 Å². The van der Waals surface area contributed by atoms with Crippen LogP contribution in [0.5, 0.6) is 0 Å². The fourth-order valence-corrected chi connectivity index (χ4v) is 3.64. The number of nitriles is 1. The molecule has 0 radical (unpaired) electrons. The zero-order valence-corrected chi connectivity index (χ0v) is 15.3. The molecule has 2 N–H and O–H groups in total. The number of carbonyl (C=O) groups excluding carboxylic acids is 1. The summed E-state index contributed by atoms with van der Waals surface area (Å²) in [6, 6.07) is 15.0. The number of hydrogen-bond donors (Lipinski definition) is 2. The van der Waals surface area contributed by atoms with Crippen molar-refractivity contribution in [2.45, 2.75) is 11.9 Å². The molecule has 0 fully saturated rings. The highest BCUT2D eigenvalue weighted by Crippen LogP contribution is 2.30. The van der Waals surface area contributed by atoms with Gasteiger partial charge in [-0.15, -0.1) is 0 Å². The number of anilines is 1. The van der Waals surface area contributed by atoms with E-state index in [1.807, 2.05) is 19.1 Å². The number of aromatic amines is 1. The van der Waals surface area contributed by atoms with E-state index >= 15 is 0 Å². The van der Waals surface area contributed by atoms with Crippen LogP contribution in [0.25, 0.3) is 21.9 Å². The molecule has 0 aliphatic heterocycles. The zero-order valence-electron chi connectivity index (χ0n) is 14.5. The van der Waals surface area contributed by atoms with Crippen molar-refractivity contribution in [1.82, 2.24) is 15.0 Å². The van der Waals surface area contributed by atoms with Gasteiger partial charge in [-0.05, 0) is 37.3 Å². The molecule has 2 aromatic heterocycles. The molecule has 2 heterocycles. The fourth-order valence-electron chi connectivity index (χ4n) is 2.89. The fraction of sp³-hybridized carbons (Fsp3) is 0.100. The third kappa shape index (κ3) is 3.48. The van der Waals surface area contributed by atoms with Crippen LogP contribution in [0.2, 0.25) is 0 Å². The molecule has 0 saturated heterocycles. The number of hydrogen-bond acceptors (Lipinski definition) is 5. The second-order valence-corrected chi connectivity index (χ2v) is 7.07. The third-order valence-corrected chi connectivity index (χ3v) is 5.11. The number of H-pyrrole nitrogens is 1. The summed E-state index contributed by atoms with van der Waals surface area (Å²) in [6.07, 6.45) is 1.52. The molecule has 0 aliphatic carbocycles. The van der Waals surface area contributed by atoms with Crippen LogP contribution in [-0.2, 0) is 4.79 Å². The SMILES string of the molecule is Cc1ccc2[nH]c3c(SCC(=O)Nc4cccc(C#N)c4)ncnc3c2c1. The van der Waals surface area contributed by atoms with Gasteiger partial charge < -0.3 is 10.3 Å². The summed E-state index contributed by atoms with van der Waals surface area (Å²) in [5, 5.41) is 13.5. The lowest BCUT2D eigenvalue weighted by Crippen LogP contribution is -2.14. The van der Waals surface area contributed by atoms with Gasteiger partial charge in [0, 0.05) is 16.6 Å². The predicted molar refractivity (Wildman–Crippen MR) is 107 cm³/mol. The number of aromatic nitrogens is 3. The van der Waals surface area contributed by atoms with Crippen molar-refractivity contribution in [3.8, 4) is 6.07 Å². The summed E-state index contributed by atoms with van der Waals surface area (Å²) in [7, 11) is 0. The van der Waals surface area contributed by atoms with Gasteiger partial charge in [0.15, 0.2) is 0 Å². The lowest BCUT2D eigenvalue weighted by atomic mass is 10.2. The molecule has 4 aromatic rings. The van der Waals surface area contributed by atoms with Crippen LogP contribution in [0.4, 0.5) is 5.69 Å². The smallest absolute Gasteiger partial charge is 0.234 e. The molecule has 6 nitrogen and oxygen atoms in total. The van der Waals surface area contributed by atoms with E-state index in [9.17, 15) is 4.79 Å². The van der Waals surface area contributed by atoms with Gasteiger partial charge in [0.05, 0.1) is 22.9 Å². The van der Waals surface area contributed by atoms with Crippen molar-refractivity contribution in [1.29, 1.82) is 5.26 Å². The van der Waals surface area contributed by atoms with Crippen LogP contribution in [0.1, 0.15) is 11.1 Å². The van der Waals surface area contributed by atoms with Gasteiger partial charge in [0.1, 0.15) is 16.9 Å². The van der Waals surface area contributed by atoms with Gasteiger partial charge in [-0.1, -0.05) is 29.5 Å². The minimum absolute atomic E-state index is 0.159. The molecule has 132 valence electrons. The van der Waals surface area contributed by atoms with Crippen LogP contribution < -0.4 is 5.32 Å². The summed E-state index contributed by atoms with van der Waals surface area (Å²) in [6.45, 7) is 2.04. The molecule has 0 saturated carbocycles. The topological polar surface area (TPSA) is 94.5 Å². The third-order valence-electron chi connectivity index (χ3n) is 4.12. The van der Waals surface area contributed by atoms with Crippen LogP contribution >= 0.6 is 11.8 Å². The van der Waals surface area contributed by atoms with Crippen molar-refractivity contribution in [2.24, 2.45) is 0 Å².